The second-order valence-corrected chi connectivity index (χ2v) is 24.9. The van der Waals surface area contributed by atoms with Crippen molar-refractivity contribution >= 4 is 11.9 Å². The summed E-state index contributed by atoms with van der Waals surface area (Å²) in [6.45, 7) is 4.31. The second-order valence-electron chi connectivity index (χ2n) is 24.9. The summed E-state index contributed by atoms with van der Waals surface area (Å²) in [5.41, 5.74) is 0. The molecule has 0 saturated carbocycles. The summed E-state index contributed by atoms with van der Waals surface area (Å²) in [6, 6.07) is -0.826. The molecular formula is C72H135NO10. The lowest BCUT2D eigenvalue weighted by Crippen LogP contribution is -2.60. The van der Waals surface area contributed by atoms with Gasteiger partial charge in [0.2, 0.25) is 5.91 Å². The molecule has 1 saturated heterocycles. The topological polar surface area (TPSA) is 175 Å². The van der Waals surface area contributed by atoms with Crippen LogP contribution in [-0.4, -0.2) is 100 Å². The SMILES string of the molecule is CCCCC/C=C/CC/C=C/C(O)C(COC1OC(CO)C(O)C(O)C1O)NC(=O)CCCCCCCCCCCCCC/C=C\CCCCCCCCCCCCCCOC(=O)CCCCCCCCCCCCCCCCCCCC. The van der Waals surface area contributed by atoms with Gasteiger partial charge in [-0.3, -0.25) is 9.59 Å². The van der Waals surface area contributed by atoms with Gasteiger partial charge in [0.15, 0.2) is 6.29 Å². The van der Waals surface area contributed by atoms with Gasteiger partial charge in [-0.2, -0.15) is 0 Å². The number of hydrogen-bond donors (Lipinski definition) is 6. The Bertz CT molecular complexity index is 1470. The third-order valence-corrected chi connectivity index (χ3v) is 17.0. The average molecular weight is 1170 g/mol. The van der Waals surface area contributed by atoms with Crippen molar-refractivity contribution in [3.63, 3.8) is 0 Å². The van der Waals surface area contributed by atoms with E-state index in [1.165, 1.54) is 270 Å². The minimum absolute atomic E-state index is 0.0111. The maximum Gasteiger partial charge on any atom is 0.305 e. The van der Waals surface area contributed by atoms with E-state index in [0.29, 0.717) is 19.4 Å². The van der Waals surface area contributed by atoms with E-state index < -0.39 is 49.5 Å². The van der Waals surface area contributed by atoms with Crippen molar-refractivity contribution in [2.24, 2.45) is 0 Å². The van der Waals surface area contributed by atoms with Crippen LogP contribution in [0.1, 0.15) is 348 Å². The maximum absolute atomic E-state index is 13.0. The quantitative estimate of drug-likeness (QED) is 0.0195. The number of carbonyl (C=O) groups is 2. The Balaban J connectivity index is 1.91. The molecule has 11 nitrogen and oxygen atoms in total. The first-order chi connectivity index (χ1) is 40.7. The molecule has 7 atom stereocenters. The summed E-state index contributed by atoms with van der Waals surface area (Å²) in [7, 11) is 0. The third-order valence-electron chi connectivity index (χ3n) is 17.0. The zero-order chi connectivity index (χ0) is 60.2. The van der Waals surface area contributed by atoms with Crippen LogP contribution in [0.3, 0.4) is 0 Å². The van der Waals surface area contributed by atoms with E-state index in [4.69, 9.17) is 14.2 Å². The molecular weight excluding hydrogens is 1040 g/mol. The summed E-state index contributed by atoms with van der Waals surface area (Å²) in [6.07, 6.45) is 68.8. The van der Waals surface area contributed by atoms with Crippen LogP contribution in [0.15, 0.2) is 36.5 Å². The number of nitrogens with one attached hydrogen (secondary N) is 1. The van der Waals surface area contributed by atoms with Crippen LogP contribution < -0.4 is 5.32 Å². The van der Waals surface area contributed by atoms with Crippen molar-refractivity contribution in [3.05, 3.63) is 36.5 Å². The van der Waals surface area contributed by atoms with Crippen LogP contribution in [0.5, 0.6) is 0 Å². The number of carbonyl (C=O) groups excluding carboxylic acids is 2. The van der Waals surface area contributed by atoms with E-state index in [2.05, 4.69) is 43.5 Å². The van der Waals surface area contributed by atoms with Gasteiger partial charge in [-0.25, -0.2) is 0 Å². The van der Waals surface area contributed by atoms with Crippen LogP contribution in [-0.2, 0) is 23.8 Å². The molecule has 11 heteroatoms. The first-order valence-electron chi connectivity index (χ1n) is 35.8. The van der Waals surface area contributed by atoms with Gasteiger partial charge in [0.1, 0.15) is 24.4 Å². The van der Waals surface area contributed by atoms with Gasteiger partial charge in [-0.05, 0) is 70.6 Å². The number of hydrogen-bond acceptors (Lipinski definition) is 10. The number of aliphatic hydroxyl groups is 5. The van der Waals surface area contributed by atoms with Crippen molar-refractivity contribution in [2.45, 2.75) is 391 Å². The molecule has 6 N–H and O–H groups in total. The smallest absolute Gasteiger partial charge is 0.305 e. The predicted octanol–water partition coefficient (Wildman–Crippen LogP) is 18.2. The van der Waals surface area contributed by atoms with Crippen molar-refractivity contribution in [1.29, 1.82) is 0 Å². The van der Waals surface area contributed by atoms with E-state index in [9.17, 15) is 35.1 Å². The molecule has 1 amide bonds. The summed E-state index contributed by atoms with van der Waals surface area (Å²) < 4.78 is 16.7. The molecule has 1 heterocycles. The van der Waals surface area contributed by atoms with Crippen LogP contribution in [0.2, 0.25) is 0 Å². The first kappa shape index (κ1) is 78.9. The van der Waals surface area contributed by atoms with Crippen LogP contribution in [0.4, 0.5) is 0 Å². The van der Waals surface area contributed by atoms with E-state index in [1.54, 1.807) is 6.08 Å². The van der Waals surface area contributed by atoms with E-state index in [0.717, 1.165) is 51.4 Å². The molecule has 1 fully saturated rings. The lowest BCUT2D eigenvalue weighted by molar-refractivity contribution is -0.302. The fourth-order valence-electron chi connectivity index (χ4n) is 11.3. The monoisotopic (exact) mass is 1170 g/mol. The largest absolute Gasteiger partial charge is 0.466 e. The van der Waals surface area contributed by atoms with Crippen molar-refractivity contribution in [2.75, 3.05) is 19.8 Å². The highest BCUT2D eigenvalue weighted by molar-refractivity contribution is 5.76. The molecule has 0 aromatic rings. The normalized spacial score (nSPS) is 18.3. The summed E-state index contributed by atoms with van der Waals surface area (Å²) >= 11 is 0. The van der Waals surface area contributed by atoms with Crippen LogP contribution >= 0.6 is 0 Å². The maximum atomic E-state index is 13.0. The highest BCUT2D eigenvalue weighted by Gasteiger charge is 2.44. The van der Waals surface area contributed by atoms with Crippen LogP contribution in [0, 0.1) is 0 Å². The summed E-state index contributed by atoms with van der Waals surface area (Å²) in [4.78, 5) is 25.1. The lowest BCUT2D eigenvalue weighted by Gasteiger charge is -2.40. The van der Waals surface area contributed by atoms with Gasteiger partial charge < -0.3 is 45.1 Å². The van der Waals surface area contributed by atoms with Gasteiger partial charge >= 0.3 is 5.97 Å². The molecule has 83 heavy (non-hydrogen) atoms. The fraction of sp³-hybridized carbons (Fsp3) is 0.889. The molecule has 0 radical (unpaired) electrons. The molecule has 0 aliphatic carbocycles. The van der Waals surface area contributed by atoms with Crippen molar-refractivity contribution in [3.8, 4) is 0 Å². The van der Waals surface area contributed by atoms with Gasteiger partial charge in [-0.15, -0.1) is 0 Å². The molecule has 0 aromatic heterocycles. The number of allylic oxidation sites excluding steroid dienone is 5. The molecule has 7 unspecified atom stereocenters. The molecule has 0 aromatic carbocycles. The highest BCUT2D eigenvalue weighted by atomic mass is 16.7. The number of rotatable bonds is 63. The predicted molar refractivity (Wildman–Crippen MR) is 347 cm³/mol. The first-order valence-corrected chi connectivity index (χ1v) is 35.8. The van der Waals surface area contributed by atoms with E-state index in [1.807, 2.05) is 6.08 Å². The number of ether oxygens (including phenoxy) is 3. The molecule has 1 rings (SSSR count). The Morgan fingerprint density at radius 3 is 1.22 bits per heavy atom. The Labute approximate surface area is 511 Å². The molecule has 1 aliphatic heterocycles. The van der Waals surface area contributed by atoms with Gasteiger partial charge in [0, 0.05) is 12.8 Å². The minimum atomic E-state index is -1.58. The average Bonchev–Trinajstić information content (AvgIpc) is 3.57. The Morgan fingerprint density at radius 1 is 0.434 bits per heavy atom. The Kier molecular flexibility index (Phi) is 58.5. The van der Waals surface area contributed by atoms with Gasteiger partial charge in [-0.1, -0.05) is 301 Å². The molecule has 0 bridgehead atoms. The number of aliphatic hydroxyl groups excluding tert-OH is 5. The summed E-state index contributed by atoms with van der Waals surface area (Å²) in [5.74, 6) is -0.182. The van der Waals surface area contributed by atoms with Crippen molar-refractivity contribution in [1.82, 2.24) is 5.32 Å². The highest BCUT2D eigenvalue weighted by Crippen LogP contribution is 2.23. The van der Waals surface area contributed by atoms with Gasteiger partial charge in [0.05, 0.1) is 32.0 Å². The number of unbranched alkanes of at least 4 members (excludes halogenated alkanes) is 45. The van der Waals surface area contributed by atoms with Crippen molar-refractivity contribution < 1.29 is 49.3 Å². The lowest BCUT2D eigenvalue weighted by atomic mass is 9.99. The number of esters is 1. The Hall–Kier alpha value is -2.12. The molecule has 488 valence electrons. The fourth-order valence-corrected chi connectivity index (χ4v) is 11.3. The van der Waals surface area contributed by atoms with Crippen LogP contribution in [0.25, 0.3) is 0 Å². The summed E-state index contributed by atoms with van der Waals surface area (Å²) in [5, 5.41) is 54.2. The molecule has 0 spiro atoms. The zero-order valence-corrected chi connectivity index (χ0v) is 54.2. The van der Waals surface area contributed by atoms with E-state index >= 15 is 0 Å². The standard InChI is InChI=1S/C72H135NO10/c1-3-5-7-9-11-13-14-15-16-17-31-34-37-40-44-48-52-56-60-68(77)81-61-57-53-49-45-41-38-35-32-29-27-25-23-21-19-18-20-22-24-26-28-30-33-36-39-43-47-51-55-59-67(76)73-64(65(75)58-54-50-46-42-12-10-8-6-4-2)63-82-72-71(80)70(79)69(78)66(62-74)83-72/h12,18-19,42,54,58,64-66,69-72,74-75,78-80H,3-11,13-17,20-41,43-53,55-57,59-63H2,1-2H3,(H,73,76)/b19-18-,42-12+,58-54+. The van der Waals surface area contributed by atoms with E-state index in [-0.39, 0.29) is 18.5 Å². The molecule has 1 aliphatic rings. The minimum Gasteiger partial charge on any atom is -0.466 e. The second kappa shape index (κ2) is 61.5. The Morgan fingerprint density at radius 2 is 0.783 bits per heavy atom. The zero-order valence-electron chi connectivity index (χ0n) is 54.2. The van der Waals surface area contributed by atoms with Gasteiger partial charge in [0.25, 0.3) is 0 Å². The third kappa shape index (κ3) is 50.6. The number of amides is 1.